The zero-order valence-electron chi connectivity index (χ0n) is 14.6. The van der Waals surface area contributed by atoms with E-state index in [1.54, 1.807) is 0 Å². The normalized spacial score (nSPS) is 10.9. The smallest absolute Gasteiger partial charge is 0.270 e. The minimum atomic E-state index is -0.704. The SMILES string of the molecule is Cc1ccccc1-c1nnn(CC(=O)N/N=C\c2cc([N+](=O)[O-])ccc2F)n1. The van der Waals surface area contributed by atoms with E-state index in [1.165, 1.54) is 0 Å². The Bertz CT molecular complexity index is 1060. The van der Waals surface area contributed by atoms with E-state index in [2.05, 4.69) is 25.9 Å². The summed E-state index contributed by atoms with van der Waals surface area (Å²) in [5.74, 6) is -0.895. The Morgan fingerprint density at radius 3 is 2.89 bits per heavy atom. The number of carbonyl (C=O) groups is 1. The molecule has 3 aromatic rings. The summed E-state index contributed by atoms with van der Waals surface area (Å²) in [5, 5.41) is 26.2. The third-order valence-corrected chi connectivity index (χ3v) is 3.71. The van der Waals surface area contributed by atoms with Crippen LogP contribution in [0.3, 0.4) is 0 Å². The molecule has 11 heteroatoms. The number of nitro groups is 1. The number of benzene rings is 2. The number of aryl methyl sites for hydroxylation is 1. The second kappa shape index (κ2) is 8.12. The van der Waals surface area contributed by atoms with Crippen LogP contribution in [0.5, 0.6) is 0 Å². The molecule has 0 aliphatic carbocycles. The molecule has 0 aliphatic rings. The average molecular weight is 383 g/mol. The van der Waals surface area contributed by atoms with Gasteiger partial charge in [-0.25, -0.2) is 9.82 Å². The molecule has 0 atom stereocenters. The molecule has 1 N–H and O–H groups in total. The summed E-state index contributed by atoms with van der Waals surface area (Å²) in [7, 11) is 0. The Morgan fingerprint density at radius 1 is 1.36 bits per heavy atom. The van der Waals surface area contributed by atoms with Gasteiger partial charge in [0.2, 0.25) is 5.82 Å². The number of hydrogen-bond acceptors (Lipinski definition) is 7. The second-order valence-electron chi connectivity index (χ2n) is 5.71. The van der Waals surface area contributed by atoms with Crippen LogP contribution in [-0.2, 0) is 11.3 Å². The van der Waals surface area contributed by atoms with E-state index < -0.39 is 16.6 Å². The number of nitro benzene ring substituents is 1. The van der Waals surface area contributed by atoms with Crippen molar-refractivity contribution in [3.8, 4) is 11.4 Å². The summed E-state index contributed by atoms with van der Waals surface area (Å²) < 4.78 is 13.6. The molecule has 0 unspecified atom stereocenters. The van der Waals surface area contributed by atoms with Crippen molar-refractivity contribution in [3.63, 3.8) is 0 Å². The van der Waals surface area contributed by atoms with Gasteiger partial charge < -0.3 is 0 Å². The number of amides is 1. The first-order valence-electron chi connectivity index (χ1n) is 8.03. The zero-order valence-corrected chi connectivity index (χ0v) is 14.6. The van der Waals surface area contributed by atoms with Gasteiger partial charge in [0.1, 0.15) is 12.4 Å². The van der Waals surface area contributed by atoms with Gasteiger partial charge in [-0.3, -0.25) is 14.9 Å². The van der Waals surface area contributed by atoms with Gasteiger partial charge in [-0.05, 0) is 23.8 Å². The number of hydrazone groups is 1. The summed E-state index contributed by atoms with van der Waals surface area (Å²) in [5.41, 5.74) is 3.53. The highest BCUT2D eigenvalue weighted by Gasteiger charge is 2.11. The fourth-order valence-corrected chi connectivity index (χ4v) is 2.32. The molecule has 0 bridgehead atoms. The van der Waals surface area contributed by atoms with Crippen molar-refractivity contribution in [2.45, 2.75) is 13.5 Å². The van der Waals surface area contributed by atoms with E-state index in [0.29, 0.717) is 5.82 Å². The molecule has 0 saturated heterocycles. The van der Waals surface area contributed by atoms with Crippen LogP contribution in [-0.4, -0.2) is 37.3 Å². The molecule has 3 rings (SSSR count). The highest BCUT2D eigenvalue weighted by Crippen LogP contribution is 2.18. The lowest BCUT2D eigenvalue weighted by molar-refractivity contribution is -0.384. The zero-order chi connectivity index (χ0) is 20.1. The van der Waals surface area contributed by atoms with Gasteiger partial charge in [0.05, 0.1) is 11.1 Å². The maximum absolute atomic E-state index is 13.6. The molecule has 0 aliphatic heterocycles. The Hall–Kier alpha value is -4.02. The summed E-state index contributed by atoms with van der Waals surface area (Å²) in [6.45, 7) is 1.65. The maximum Gasteiger partial charge on any atom is 0.270 e. The standard InChI is InChI=1S/C17H14FN7O3/c1-11-4-2-3-5-14(11)17-21-23-24(22-17)10-16(26)20-19-9-12-8-13(25(27)28)6-7-15(12)18/h2-9H,10H2,1H3,(H,20,26)/b19-9-. The number of nitrogens with one attached hydrogen (secondary N) is 1. The molecule has 28 heavy (non-hydrogen) atoms. The molecule has 142 valence electrons. The molecule has 10 nitrogen and oxygen atoms in total. The fourth-order valence-electron chi connectivity index (χ4n) is 2.32. The van der Waals surface area contributed by atoms with Crippen LogP contribution < -0.4 is 5.43 Å². The van der Waals surface area contributed by atoms with Crippen LogP contribution in [0.2, 0.25) is 0 Å². The molecule has 1 amide bonds. The molecular formula is C17H14FN7O3. The van der Waals surface area contributed by atoms with Crippen LogP contribution >= 0.6 is 0 Å². The van der Waals surface area contributed by atoms with E-state index in [4.69, 9.17) is 0 Å². The molecule has 1 aromatic heterocycles. The van der Waals surface area contributed by atoms with Crippen molar-refractivity contribution in [3.05, 3.63) is 69.5 Å². The molecular weight excluding hydrogens is 369 g/mol. The van der Waals surface area contributed by atoms with E-state index in [0.717, 1.165) is 40.3 Å². The number of halogens is 1. The van der Waals surface area contributed by atoms with Gasteiger partial charge in [-0.2, -0.15) is 9.90 Å². The average Bonchev–Trinajstić information content (AvgIpc) is 3.11. The first-order chi connectivity index (χ1) is 13.4. The van der Waals surface area contributed by atoms with Gasteiger partial charge >= 0.3 is 0 Å². The van der Waals surface area contributed by atoms with Crippen LogP contribution in [0.15, 0.2) is 47.6 Å². The number of aromatic nitrogens is 4. The highest BCUT2D eigenvalue weighted by molar-refractivity contribution is 5.83. The molecule has 2 aromatic carbocycles. The van der Waals surface area contributed by atoms with Crippen LogP contribution in [0.4, 0.5) is 10.1 Å². The van der Waals surface area contributed by atoms with Gasteiger partial charge in [0.25, 0.3) is 11.6 Å². The molecule has 0 fully saturated rings. The summed E-state index contributed by atoms with van der Waals surface area (Å²) >= 11 is 0. The first-order valence-corrected chi connectivity index (χ1v) is 8.03. The minimum absolute atomic E-state index is 0.129. The molecule has 1 heterocycles. The Kier molecular flexibility index (Phi) is 5.44. The van der Waals surface area contributed by atoms with Crippen molar-refractivity contribution in [2.24, 2.45) is 5.10 Å². The lowest BCUT2D eigenvalue weighted by Crippen LogP contribution is -2.24. The number of hydrogen-bond donors (Lipinski definition) is 1. The predicted molar refractivity (Wildman–Crippen MR) is 96.8 cm³/mol. The maximum atomic E-state index is 13.6. The van der Waals surface area contributed by atoms with Gasteiger partial charge in [-0.1, -0.05) is 24.3 Å². The number of tetrazole rings is 1. The molecule has 0 radical (unpaired) electrons. The van der Waals surface area contributed by atoms with E-state index >= 15 is 0 Å². The summed E-state index contributed by atoms with van der Waals surface area (Å²) in [6, 6.07) is 10.5. The van der Waals surface area contributed by atoms with Crippen LogP contribution in [0, 0.1) is 22.9 Å². The first kappa shape index (κ1) is 18.8. The third-order valence-electron chi connectivity index (χ3n) is 3.71. The van der Waals surface area contributed by atoms with Gasteiger partial charge in [0.15, 0.2) is 0 Å². The van der Waals surface area contributed by atoms with Crippen molar-refractivity contribution in [1.82, 2.24) is 25.6 Å². The monoisotopic (exact) mass is 383 g/mol. The predicted octanol–water partition coefficient (Wildman–Crippen LogP) is 1.85. The number of carbonyl (C=O) groups excluding carboxylic acids is 1. The van der Waals surface area contributed by atoms with E-state index in [-0.39, 0.29) is 17.8 Å². The third kappa shape index (κ3) is 4.38. The van der Waals surface area contributed by atoms with Crippen LogP contribution in [0.1, 0.15) is 11.1 Å². The number of nitrogens with zero attached hydrogens (tertiary/aromatic N) is 6. The summed E-state index contributed by atoms with van der Waals surface area (Å²) in [4.78, 5) is 23.1. The van der Waals surface area contributed by atoms with Crippen molar-refractivity contribution in [2.75, 3.05) is 0 Å². The lowest BCUT2D eigenvalue weighted by Gasteiger charge is -2.00. The molecule has 0 saturated carbocycles. The number of non-ortho nitro benzene ring substituents is 1. The van der Waals surface area contributed by atoms with Crippen molar-refractivity contribution < 1.29 is 14.1 Å². The topological polar surface area (TPSA) is 128 Å². The fraction of sp³-hybridized carbons (Fsp3) is 0.118. The van der Waals surface area contributed by atoms with E-state index in [1.807, 2.05) is 31.2 Å². The number of rotatable bonds is 6. The quantitative estimate of drug-likeness (QED) is 0.393. The van der Waals surface area contributed by atoms with Gasteiger partial charge in [0, 0.05) is 23.3 Å². The van der Waals surface area contributed by atoms with Gasteiger partial charge in [-0.15, -0.1) is 10.2 Å². The van der Waals surface area contributed by atoms with Crippen molar-refractivity contribution in [1.29, 1.82) is 0 Å². The molecule has 0 spiro atoms. The Labute approximate surface area is 157 Å². The summed E-state index contributed by atoms with van der Waals surface area (Å²) in [6.07, 6.45) is 0.980. The lowest BCUT2D eigenvalue weighted by atomic mass is 10.1. The van der Waals surface area contributed by atoms with E-state index in [9.17, 15) is 19.3 Å². The van der Waals surface area contributed by atoms with Crippen molar-refractivity contribution >= 4 is 17.8 Å². The minimum Gasteiger partial charge on any atom is -0.271 e. The van der Waals surface area contributed by atoms with Crippen LogP contribution in [0.25, 0.3) is 11.4 Å². The second-order valence-corrected chi connectivity index (χ2v) is 5.71. The Morgan fingerprint density at radius 2 is 2.14 bits per heavy atom. The Balaban J connectivity index is 1.62. The highest BCUT2D eigenvalue weighted by atomic mass is 19.1. The largest absolute Gasteiger partial charge is 0.271 e.